The summed E-state index contributed by atoms with van der Waals surface area (Å²) in [6.45, 7) is 13.6. The van der Waals surface area contributed by atoms with Gasteiger partial charge in [0.15, 0.2) is 0 Å². The molecule has 1 fully saturated rings. The first kappa shape index (κ1) is 14.9. The Morgan fingerprint density at radius 3 is 1.33 bits per heavy atom. The highest BCUT2D eigenvalue weighted by atomic mass is 15.5. The van der Waals surface area contributed by atoms with Crippen LogP contribution in [0.5, 0.6) is 0 Å². The molecule has 1 aliphatic heterocycles. The van der Waals surface area contributed by atoms with E-state index in [0.29, 0.717) is 0 Å². The first-order valence-electron chi connectivity index (χ1n) is 6.55. The van der Waals surface area contributed by atoms with E-state index >= 15 is 0 Å². The van der Waals surface area contributed by atoms with Gasteiger partial charge in [-0.3, -0.25) is 14.7 Å². The van der Waals surface area contributed by atoms with Crippen LogP contribution in [0.3, 0.4) is 0 Å². The largest absolute Gasteiger partial charge is 0.278 e. The quantitative estimate of drug-likeness (QED) is 0.789. The minimum absolute atomic E-state index is 1.14. The van der Waals surface area contributed by atoms with E-state index in [1.165, 1.54) is 0 Å². The second-order valence-corrected chi connectivity index (χ2v) is 4.20. The molecular weight excluding hydrogens is 228 g/mol. The van der Waals surface area contributed by atoms with E-state index in [1.54, 1.807) is 18.5 Å². The molecule has 0 aromatic carbocycles. The third-order valence-electron chi connectivity index (χ3n) is 2.95. The average Bonchev–Trinajstić information content (AvgIpc) is 2.49. The van der Waals surface area contributed by atoms with E-state index in [4.69, 9.17) is 0 Å². The lowest BCUT2D eigenvalue weighted by molar-refractivity contribution is -0.0212. The molecule has 6 nitrogen and oxygen atoms in total. The summed E-state index contributed by atoms with van der Waals surface area (Å²) in [6, 6.07) is 1.72. The zero-order valence-corrected chi connectivity index (χ0v) is 11.7. The molecular formula is C12H24N6. The summed E-state index contributed by atoms with van der Waals surface area (Å²) in [5.74, 6) is 0. The molecule has 2 heterocycles. The van der Waals surface area contributed by atoms with Gasteiger partial charge in [0.2, 0.25) is 0 Å². The lowest BCUT2D eigenvalue weighted by Crippen LogP contribution is -2.54. The number of rotatable bonds is 3. The average molecular weight is 252 g/mol. The van der Waals surface area contributed by atoms with Crippen molar-refractivity contribution < 1.29 is 0 Å². The maximum Gasteiger partial charge on any atom is 0.0529 e. The van der Waals surface area contributed by atoms with Crippen molar-refractivity contribution in [2.24, 2.45) is 0 Å². The molecule has 0 aliphatic carbocycles. The molecule has 1 aliphatic rings. The molecule has 0 amide bonds. The Hall–Kier alpha value is -1.11. The van der Waals surface area contributed by atoms with Gasteiger partial charge in [0.25, 0.3) is 0 Å². The van der Waals surface area contributed by atoms with Crippen LogP contribution in [0, 0.1) is 0 Å². The van der Waals surface area contributed by atoms with Crippen LogP contribution in [0.1, 0.15) is 20.8 Å². The smallest absolute Gasteiger partial charge is 0.0529 e. The van der Waals surface area contributed by atoms with Crippen LogP contribution < -0.4 is 0 Å². The van der Waals surface area contributed by atoms with Gasteiger partial charge in [0.05, 0.1) is 32.4 Å². The molecule has 0 atom stereocenters. The molecule has 2 rings (SSSR count). The van der Waals surface area contributed by atoms with Gasteiger partial charge in [-0.1, -0.05) is 20.8 Å². The number of hydrogen-bond donors (Lipinski definition) is 0. The van der Waals surface area contributed by atoms with E-state index in [9.17, 15) is 0 Å². The monoisotopic (exact) mass is 252 g/mol. The molecule has 6 heteroatoms. The minimum Gasteiger partial charge on any atom is -0.278 e. The Morgan fingerprint density at radius 1 is 0.778 bits per heavy atom. The topological polar surface area (TPSA) is 48.4 Å². The third-order valence-corrected chi connectivity index (χ3v) is 2.95. The number of aromatic nitrogens is 3. The van der Waals surface area contributed by atoms with Gasteiger partial charge in [-0.25, -0.2) is 0 Å². The fourth-order valence-electron chi connectivity index (χ4n) is 1.79. The van der Waals surface area contributed by atoms with Crippen molar-refractivity contribution in [1.82, 2.24) is 30.1 Å². The molecule has 0 N–H and O–H groups in total. The van der Waals surface area contributed by atoms with Gasteiger partial charge in [0, 0.05) is 0 Å². The Labute approximate surface area is 110 Å². The molecule has 1 aromatic rings. The van der Waals surface area contributed by atoms with Crippen LogP contribution in [0.2, 0.25) is 0 Å². The highest BCUT2D eigenvalue weighted by molar-refractivity contribution is 4.69. The highest BCUT2D eigenvalue weighted by Gasteiger charge is 2.19. The van der Waals surface area contributed by atoms with E-state index < -0.39 is 0 Å². The van der Waals surface area contributed by atoms with Crippen molar-refractivity contribution in [2.45, 2.75) is 20.8 Å². The van der Waals surface area contributed by atoms with Gasteiger partial charge in [-0.15, -0.1) is 10.2 Å². The van der Waals surface area contributed by atoms with E-state index in [2.05, 4.69) is 50.9 Å². The summed E-state index contributed by atoms with van der Waals surface area (Å²) in [4.78, 5) is 7.41. The maximum absolute atomic E-state index is 3.42. The van der Waals surface area contributed by atoms with Crippen LogP contribution in [-0.4, -0.2) is 69.8 Å². The molecule has 1 aromatic heterocycles. The summed E-state index contributed by atoms with van der Waals surface area (Å²) in [7, 11) is 0. The molecule has 0 saturated carbocycles. The van der Waals surface area contributed by atoms with E-state index in [1.807, 2.05) is 0 Å². The summed E-state index contributed by atoms with van der Waals surface area (Å²) < 4.78 is 0. The van der Waals surface area contributed by atoms with Crippen molar-refractivity contribution in [2.75, 3.05) is 39.6 Å². The summed E-state index contributed by atoms with van der Waals surface area (Å²) >= 11 is 0. The molecule has 18 heavy (non-hydrogen) atoms. The lowest BCUT2D eigenvalue weighted by atomic mass is 10.4. The Balaban J connectivity index is 0.000000225. The first-order chi connectivity index (χ1) is 8.80. The van der Waals surface area contributed by atoms with Gasteiger partial charge in [-0.05, 0) is 30.9 Å². The normalized spacial score (nSPS) is 18.2. The lowest BCUT2D eigenvalue weighted by Gasteiger charge is -2.41. The number of nitrogens with zero attached hydrogens (tertiary/aromatic N) is 6. The fraction of sp³-hybridized carbons (Fsp3) is 0.750. The SMILES string of the molecule is CCN1CN(CC)CN(CC)C1.c1cnnnc1. The molecule has 0 unspecified atom stereocenters. The van der Waals surface area contributed by atoms with Crippen molar-refractivity contribution in [3.05, 3.63) is 18.5 Å². The van der Waals surface area contributed by atoms with Gasteiger partial charge < -0.3 is 0 Å². The standard InChI is InChI=1S/C9H21N3.C3H3N3/c1-4-10-7-11(5-2)9-12(6-3)8-10;1-2-4-6-5-3-1/h4-9H2,1-3H3;1-3H. The van der Waals surface area contributed by atoms with Crippen molar-refractivity contribution >= 4 is 0 Å². The summed E-state index contributed by atoms with van der Waals surface area (Å²) in [5.41, 5.74) is 0. The maximum atomic E-state index is 3.42. The second kappa shape index (κ2) is 8.91. The van der Waals surface area contributed by atoms with Crippen molar-refractivity contribution in [1.29, 1.82) is 0 Å². The highest BCUT2D eigenvalue weighted by Crippen LogP contribution is 2.05. The third kappa shape index (κ3) is 5.48. The van der Waals surface area contributed by atoms with E-state index in [0.717, 1.165) is 39.6 Å². The Bertz CT molecular complexity index is 237. The molecule has 1 saturated heterocycles. The molecule has 0 spiro atoms. The van der Waals surface area contributed by atoms with Crippen molar-refractivity contribution in [3.8, 4) is 0 Å². The zero-order chi connectivity index (χ0) is 13.2. The fourth-order valence-corrected chi connectivity index (χ4v) is 1.79. The van der Waals surface area contributed by atoms with Crippen LogP contribution in [0.25, 0.3) is 0 Å². The Morgan fingerprint density at radius 2 is 1.17 bits per heavy atom. The van der Waals surface area contributed by atoms with Crippen LogP contribution in [0.15, 0.2) is 18.5 Å². The molecule has 0 radical (unpaired) electrons. The van der Waals surface area contributed by atoms with Crippen LogP contribution in [0.4, 0.5) is 0 Å². The van der Waals surface area contributed by atoms with E-state index in [-0.39, 0.29) is 0 Å². The molecule has 0 bridgehead atoms. The Kier molecular flexibility index (Phi) is 7.40. The first-order valence-corrected chi connectivity index (χ1v) is 6.55. The predicted octanol–water partition coefficient (Wildman–Crippen LogP) is 0.710. The van der Waals surface area contributed by atoms with Gasteiger partial charge >= 0.3 is 0 Å². The zero-order valence-electron chi connectivity index (χ0n) is 11.7. The molecule has 102 valence electrons. The van der Waals surface area contributed by atoms with Gasteiger partial charge in [0.1, 0.15) is 0 Å². The summed E-state index contributed by atoms with van der Waals surface area (Å²) in [6.07, 6.45) is 3.15. The second-order valence-electron chi connectivity index (χ2n) is 4.20. The van der Waals surface area contributed by atoms with Crippen LogP contribution >= 0.6 is 0 Å². The minimum atomic E-state index is 1.14. The summed E-state index contributed by atoms with van der Waals surface area (Å²) in [5, 5.41) is 10.1. The predicted molar refractivity (Wildman–Crippen MR) is 71.6 cm³/mol. The van der Waals surface area contributed by atoms with Crippen LogP contribution in [-0.2, 0) is 0 Å². The van der Waals surface area contributed by atoms with Crippen molar-refractivity contribution in [3.63, 3.8) is 0 Å². The van der Waals surface area contributed by atoms with Gasteiger partial charge in [-0.2, -0.15) is 0 Å². The number of hydrogen-bond acceptors (Lipinski definition) is 6.